The van der Waals surface area contributed by atoms with Crippen molar-refractivity contribution in [2.24, 2.45) is 0 Å². The summed E-state index contributed by atoms with van der Waals surface area (Å²) in [7, 11) is 3.37. The number of amides is 1. The standard InChI is InChI=1S/C29H32N4O3/c1-21-9-8-14-33-25(20-30-29(21)33)23(22-10-4-6-12-26(22)35-2)19-28(34)32-17-15-31(16-18-32)24-11-5-7-13-27(24)36-3/h4-14,20,23H,15-19H2,1-3H3. The fraction of sp³-hybridized carbons (Fsp3) is 0.310. The van der Waals surface area contributed by atoms with Crippen LogP contribution in [0.3, 0.4) is 0 Å². The second-order valence-electron chi connectivity index (χ2n) is 9.11. The number of aryl methyl sites for hydroxylation is 1. The molecule has 0 radical (unpaired) electrons. The predicted octanol–water partition coefficient (Wildman–Crippen LogP) is 4.53. The van der Waals surface area contributed by atoms with Crippen molar-refractivity contribution in [1.82, 2.24) is 14.3 Å². The lowest BCUT2D eigenvalue weighted by Gasteiger charge is -2.37. The van der Waals surface area contributed by atoms with Crippen molar-refractivity contribution in [1.29, 1.82) is 0 Å². The Balaban J connectivity index is 1.40. The van der Waals surface area contributed by atoms with E-state index >= 15 is 0 Å². The van der Waals surface area contributed by atoms with Crippen molar-refractivity contribution in [3.8, 4) is 11.5 Å². The zero-order valence-corrected chi connectivity index (χ0v) is 21.1. The maximum Gasteiger partial charge on any atom is 0.223 e. The van der Waals surface area contributed by atoms with Gasteiger partial charge < -0.3 is 23.7 Å². The van der Waals surface area contributed by atoms with Crippen LogP contribution in [0.15, 0.2) is 73.1 Å². The fourth-order valence-electron chi connectivity index (χ4n) is 5.15. The molecule has 1 atom stereocenters. The highest BCUT2D eigenvalue weighted by Gasteiger charge is 2.29. The van der Waals surface area contributed by atoms with Crippen LogP contribution in [0.25, 0.3) is 5.65 Å². The van der Waals surface area contributed by atoms with Gasteiger partial charge in [-0.2, -0.15) is 0 Å². The van der Waals surface area contributed by atoms with E-state index in [-0.39, 0.29) is 11.8 Å². The van der Waals surface area contributed by atoms with E-state index in [0.717, 1.165) is 52.7 Å². The van der Waals surface area contributed by atoms with Crippen molar-refractivity contribution in [3.05, 3.63) is 89.9 Å². The summed E-state index contributed by atoms with van der Waals surface area (Å²) in [6, 6.07) is 20.1. The number of piperazine rings is 1. The number of methoxy groups -OCH3 is 2. The van der Waals surface area contributed by atoms with Crippen LogP contribution in [0.1, 0.15) is 29.2 Å². The Morgan fingerprint density at radius 1 is 0.917 bits per heavy atom. The molecule has 1 unspecified atom stereocenters. The molecule has 0 bridgehead atoms. The first-order valence-corrected chi connectivity index (χ1v) is 12.3. The van der Waals surface area contributed by atoms with Gasteiger partial charge in [-0.15, -0.1) is 0 Å². The summed E-state index contributed by atoms with van der Waals surface area (Å²) in [4.78, 5) is 22.6. The number of ether oxygens (including phenoxy) is 2. The third-order valence-corrected chi connectivity index (χ3v) is 7.07. The van der Waals surface area contributed by atoms with Gasteiger partial charge in [0.05, 0.1) is 25.6 Å². The molecule has 36 heavy (non-hydrogen) atoms. The number of fused-ring (bicyclic) bond motifs is 1. The molecular formula is C29H32N4O3. The van der Waals surface area contributed by atoms with E-state index in [1.807, 2.05) is 65.8 Å². The van der Waals surface area contributed by atoms with Crippen LogP contribution >= 0.6 is 0 Å². The maximum absolute atomic E-state index is 13.7. The summed E-state index contributed by atoms with van der Waals surface area (Å²) in [6.45, 7) is 4.92. The number of hydrogen-bond acceptors (Lipinski definition) is 5. The van der Waals surface area contributed by atoms with Crippen LogP contribution < -0.4 is 14.4 Å². The van der Waals surface area contributed by atoms with Crippen LogP contribution in [-0.4, -0.2) is 60.6 Å². The van der Waals surface area contributed by atoms with Gasteiger partial charge in [0.2, 0.25) is 5.91 Å². The van der Waals surface area contributed by atoms with Gasteiger partial charge in [-0.3, -0.25) is 4.79 Å². The van der Waals surface area contributed by atoms with Gasteiger partial charge in [-0.05, 0) is 36.8 Å². The van der Waals surface area contributed by atoms with Crippen LogP contribution in [-0.2, 0) is 4.79 Å². The minimum atomic E-state index is -0.183. The molecule has 0 spiro atoms. The van der Waals surface area contributed by atoms with Gasteiger partial charge in [0, 0.05) is 56.5 Å². The Morgan fingerprint density at radius 2 is 1.61 bits per heavy atom. The molecule has 5 rings (SSSR count). The molecule has 1 amide bonds. The van der Waals surface area contributed by atoms with Gasteiger partial charge in [0.1, 0.15) is 17.1 Å². The first-order chi connectivity index (χ1) is 17.6. The highest BCUT2D eigenvalue weighted by molar-refractivity contribution is 5.78. The predicted molar refractivity (Wildman–Crippen MR) is 141 cm³/mol. The summed E-state index contributed by atoms with van der Waals surface area (Å²) < 4.78 is 13.3. The van der Waals surface area contributed by atoms with Crippen molar-refractivity contribution in [3.63, 3.8) is 0 Å². The monoisotopic (exact) mass is 484 g/mol. The minimum Gasteiger partial charge on any atom is -0.496 e. The van der Waals surface area contributed by atoms with E-state index in [1.54, 1.807) is 14.2 Å². The fourth-order valence-corrected chi connectivity index (χ4v) is 5.15. The average molecular weight is 485 g/mol. The summed E-state index contributed by atoms with van der Waals surface area (Å²) in [5, 5.41) is 0. The first-order valence-electron chi connectivity index (χ1n) is 12.3. The molecule has 2 aromatic carbocycles. The molecule has 7 heteroatoms. The Kier molecular flexibility index (Phi) is 6.80. The zero-order valence-electron chi connectivity index (χ0n) is 21.1. The molecule has 0 N–H and O–H groups in total. The Morgan fingerprint density at radius 3 is 2.36 bits per heavy atom. The minimum absolute atomic E-state index is 0.133. The number of rotatable bonds is 7. The SMILES string of the molecule is COc1ccccc1C(CC(=O)N1CCN(c2ccccc2OC)CC1)c1cnc2c(C)cccn12. The van der Waals surface area contributed by atoms with Gasteiger partial charge in [-0.1, -0.05) is 36.4 Å². The number of imidazole rings is 1. The summed E-state index contributed by atoms with van der Waals surface area (Å²) >= 11 is 0. The summed E-state index contributed by atoms with van der Waals surface area (Å²) in [6.07, 6.45) is 4.26. The molecule has 0 aliphatic carbocycles. The first kappa shape index (κ1) is 23.7. The Hall–Kier alpha value is -4.00. The molecule has 1 aliphatic heterocycles. The van der Waals surface area contributed by atoms with Crippen molar-refractivity contribution >= 4 is 17.2 Å². The molecular weight excluding hydrogens is 452 g/mol. The number of carbonyl (C=O) groups excluding carboxylic acids is 1. The lowest BCUT2D eigenvalue weighted by molar-refractivity contribution is -0.131. The highest BCUT2D eigenvalue weighted by Crippen LogP contribution is 2.36. The third-order valence-electron chi connectivity index (χ3n) is 7.07. The summed E-state index contributed by atoms with van der Waals surface area (Å²) in [5.41, 5.74) is 5.05. The number of para-hydroxylation sites is 3. The van der Waals surface area contributed by atoms with Gasteiger partial charge in [0.15, 0.2) is 0 Å². The molecule has 0 saturated carbocycles. The quantitative estimate of drug-likeness (QED) is 0.386. The maximum atomic E-state index is 13.7. The number of pyridine rings is 1. The molecule has 7 nitrogen and oxygen atoms in total. The van der Waals surface area contributed by atoms with E-state index in [2.05, 4.69) is 33.3 Å². The van der Waals surface area contributed by atoms with E-state index < -0.39 is 0 Å². The molecule has 3 heterocycles. The molecule has 4 aromatic rings. The lowest BCUT2D eigenvalue weighted by Crippen LogP contribution is -2.49. The van der Waals surface area contributed by atoms with Crippen molar-refractivity contribution in [2.75, 3.05) is 45.3 Å². The van der Waals surface area contributed by atoms with Crippen LogP contribution in [0.5, 0.6) is 11.5 Å². The number of hydrogen-bond donors (Lipinski definition) is 0. The normalized spacial score (nSPS) is 14.6. The average Bonchev–Trinajstić information content (AvgIpc) is 3.37. The number of anilines is 1. The molecule has 1 fully saturated rings. The second kappa shape index (κ2) is 10.3. The van der Waals surface area contributed by atoms with Crippen molar-refractivity contribution < 1.29 is 14.3 Å². The summed E-state index contributed by atoms with van der Waals surface area (Å²) in [5.74, 6) is 1.58. The lowest BCUT2D eigenvalue weighted by atomic mass is 9.91. The Labute approximate surface area is 211 Å². The van der Waals surface area contributed by atoms with Crippen molar-refractivity contribution in [2.45, 2.75) is 19.3 Å². The van der Waals surface area contributed by atoms with Gasteiger partial charge in [0.25, 0.3) is 0 Å². The van der Waals surface area contributed by atoms with Crippen LogP contribution in [0.2, 0.25) is 0 Å². The van der Waals surface area contributed by atoms with E-state index in [1.165, 1.54) is 0 Å². The Bertz CT molecular complexity index is 1360. The van der Waals surface area contributed by atoms with Crippen LogP contribution in [0.4, 0.5) is 5.69 Å². The van der Waals surface area contributed by atoms with E-state index in [9.17, 15) is 4.79 Å². The second-order valence-corrected chi connectivity index (χ2v) is 9.11. The van der Waals surface area contributed by atoms with E-state index in [4.69, 9.17) is 9.47 Å². The number of nitrogens with zero attached hydrogens (tertiary/aromatic N) is 4. The van der Waals surface area contributed by atoms with E-state index in [0.29, 0.717) is 19.5 Å². The largest absolute Gasteiger partial charge is 0.496 e. The van der Waals surface area contributed by atoms with Crippen LogP contribution in [0, 0.1) is 6.92 Å². The zero-order chi connectivity index (χ0) is 25.1. The molecule has 2 aromatic heterocycles. The number of benzene rings is 2. The molecule has 186 valence electrons. The third kappa shape index (κ3) is 4.49. The molecule has 1 aliphatic rings. The van der Waals surface area contributed by atoms with Gasteiger partial charge in [-0.25, -0.2) is 4.98 Å². The highest BCUT2D eigenvalue weighted by atomic mass is 16.5. The number of carbonyl (C=O) groups is 1. The smallest absolute Gasteiger partial charge is 0.223 e. The number of aromatic nitrogens is 2. The van der Waals surface area contributed by atoms with Gasteiger partial charge >= 0.3 is 0 Å². The molecule has 1 saturated heterocycles. The topological polar surface area (TPSA) is 59.3 Å².